The molecule has 2 rings (SSSR count). The van der Waals surface area contributed by atoms with Crippen molar-refractivity contribution in [2.75, 3.05) is 5.73 Å². The first kappa shape index (κ1) is 12.0. The number of nitrogen functional groups attached to an aromatic ring is 1. The maximum absolute atomic E-state index is 13.8. The predicted octanol–water partition coefficient (Wildman–Crippen LogP) is 3.29. The summed E-state index contributed by atoms with van der Waals surface area (Å²) in [7, 11) is 0. The monoisotopic (exact) mass is 246 g/mol. The molecule has 0 heterocycles. The average molecular weight is 246 g/mol. The molecule has 5 heteroatoms. The van der Waals surface area contributed by atoms with Gasteiger partial charge in [0.2, 0.25) is 0 Å². The molecule has 0 aliphatic rings. The van der Waals surface area contributed by atoms with Crippen molar-refractivity contribution < 1.29 is 9.31 Å². The van der Waals surface area contributed by atoms with Gasteiger partial charge in [-0.1, -0.05) is 18.2 Å². The molecule has 0 aromatic heterocycles. The van der Waals surface area contributed by atoms with Crippen molar-refractivity contribution in [3.05, 3.63) is 57.9 Å². The molecule has 4 nitrogen and oxygen atoms in total. The third-order valence-corrected chi connectivity index (χ3v) is 2.66. The zero-order valence-electron chi connectivity index (χ0n) is 9.68. The molecular formula is C13H11FN2O2. The van der Waals surface area contributed by atoms with Gasteiger partial charge in [0, 0.05) is 11.6 Å². The highest BCUT2D eigenvalue weighted by atomic mass is 19.1. The maximum Gasteiger partial charge on any atom is 0.292 e. The second-order valence-electron chi connectivity index (χ2n) is 4.01. The Bertz CT molecular complexity index is 626. The molecule has 0 spiro atoms. The highest BCUT2D eigenvalue weighted by Crippen LogP contribution is 2.30. The van der Waals surface area contributed by atoms with Crippen LogP contribution < -0.4 is 5.73 Å². The number of hydrogen-bond acceptors (Lipinski definition) is 3. The number of halogens is 1. The van der Waals surface area contributed by atoms with Gasteiger partial charge in [-0.3, -0.25) is 10.1 Å². The third kappa shape index (κ3) is 2.15. The highest BCUT2D eigenvalue weighted by molar-refractivity contribution is 5.72. The number of nitro groups is 1. The van der Waals surface area contributed by atoms with E-state index >= 15 is 0 Å². The molecule has 0 bridgehead atoms. The number of benzene rings is 2. The molecule has 2 N–H and O–H groups in total. The molecule has 0 aliphatic heterocycles. The molecule has 2 aromatic carbocycles. The minimum Gasteiger partial charge on any atom is -0.393 e. The molecule has 0 saturated carbocycles. The standard InChI is InChI=1S/C13H11FN2O2/c1-8-2-4-10(11(14)6-8)9-3-5-12(15)13(7-9)16(17)18/h2-7H,15H2,1H3. The van der Waals surface area contributed by atoms with E-state index in [1.807, 2.05) is 0 Å². The Balaban J connectivity index is 2.58. The summed E-state index contributed by atoms with van der Waals surface area (Å²) in [6.07, 6.45) is 0. The van der Waals surface area contributed by atoms with Gasteiger partial charge >= 0.3 is 0 Å². The summed E-state index contributed by atoms with van der Waals surface area (Å²) in [4.78, 5) is 10.2. The largest absolute Gasteiger partial charge is 0.393 e. The Morgan fingerprint density at radius 1 is 1.22 bits per heavy atom. The van der Waals surface area contributed by atoms with Crippen LogP contribution in [0.15, 0.2) is 36.4 Å². The Kier molecular flexibility index (Phi) is 2.97. The molecule has 18 heavy (non-hydrogen) atoms. The van der Waals surface area contributed by atoms with Crippen molar-refractivity contribution in [3.63, 3.8) is 0 Å². The van der Waals surface area contributed by atoms with E-state index in [4.69, 9.17) is 5.73 Å². The summed E-state index contributed by atoms with van der Waals surface area (Å²) in [6, 6.07) is 8.99. The second kappa shape index (κ2) is 4.44. The molecule has 0 aliphatic carbocycles. The van der Waals surface area contributed by atoms with Gasteiger partial charge in [0.25, 0.3) is 5.69 Å². The lowest BCUT2D eigenvalue weighted by Crippen LogP contribution is -1.96. The van der Waals surface area contributed by atoms with Crippen molar-refractivity contribution in [3.8, 4) is 11.1 Å². The van der Waals surface area contributed by atoms with Crippen molar-refractivity contribution in [1.82, 2.24) is 0 Å². The van der Waals surface area contributed by atoms with Gasteiger partial charge in [0.15, 0.2) is 0 Å². The smallest absolute Gasteiger partial charge is 0.292 e. The van der Waals surface area contributed by atoms with Gasteiger partial charge in [-0.15, -0.1) is 0 Å². The lowest BCUT2D eigenvalue weighted by atomic mass is 10.0. The number of aryl methyl sites for hydroxylation is 1. The fourth-order valence-electron chi connectivity index (χ4n) is 1.72. The lowest BCUT2D eigenvalue weighted by molar-refractivity contribution is -0.383. The van der Waals surface area contributed by atoms with E-state index in [-0.39, 0.29) is 11.4 Å². The lowest BCUT2D eigenvalue weighted by Gasteiger charge is -2.05. The first-order chi connectivity index (χ1) is 8.49. The topological polar surface area (TPSA) is 69.2 Å². The number of nitrogens with zero attached hydrogens (tertiary/aromatic N) is 1. The van der Waals surface area contributed by atoms with E-state index in [0.717, 1.165) is 5.56 Å². The van der Waals surface area contributed by atoms with Gasteiger partial charge in [-0.2, -0.15) is 0 Å². The summed E-state index contributed by atoms with van der Waals surface area (Å²) in [5.74, 6) is -0.408. The van der Waals surface area contributed by atoms with E-state index in [1.54, 1.807) is 25.1 Å². The van der Waals surface area contributed by atoms with Crippen LogP contribution in [0.3, 0.4) is 0 Å². The van der Waals surface area contributed by atoms with Crippen LogP contribution in [0.2, 0.25) is 0 Å². The van der Waals surface area contributed by atoms with Gasteiger partial charge in [0.1, 0.15) is 11.5 Å². The summed E-state index contributed by atoms with van der Waals surface area (Å²) in [6.45, 7) is 1.78. The summed E-state index contributed by atoms with van der Waals surface area (Å²) in [5.41, 5.74) is 6.90. The Hall–Kier alpha value is -2.43. The van der Waals surface area contributed by atoms with Crippen LogP contribution in [-0.2, 0) is 0 Å². The Labute approximate surface area is 103 Å². The molecule has 0 saturated heterocycles. The summed E-state index contributed by atoms with van der Waals surface area (Å²) in [5, 5.41) is 10.8. The Morgan fingerprint density at radius 3 is 2.56 bits per heavy atom. The zero-order chi connectivity index (χ0) is 13.3. The molecule has 0 unspecified atom stereocenters. The molecule has 0 fully saturated rings. The number of nitro benzene ring substituents is 1. The van der Waals surface area contributed by atoms with Crippen LogP contribution in [-0.4, -0.2) is 4.92 Å². The quantitative estimate of drug-likeness (QED) is 0.502. The molecule has 0 amide bonds. The highest BCUT2D eigenvalue weighted by Gasteiger charge is 2.14. The number of anilines is 1. The second-order valence-corrected chi connectivity index (χ2v) is 4.01. The van der Waals surface area contributed by atoms with Crippen molar-refractivity contribution >= 4 is 11.4 Å². The van der Waals surface area contributed by atoms with E-state index in [2.05, 4.69) is 0 Å². The molecule has 0 radical (unpaired) electrons. The minimum absolute atomic E-state index is 0.0660. The third-order valence-electron chi connectivity index (χ3n) is 2.66. The van der Waals surface area contributed by atoms with E-state index in [0.29, 0.717) is 11.1 Å². The minimum atomic E-state index is -0.578. The number of hydrogen-bond donors (Lipinski definition) is 1. The fraction of sp³-hybridized carbons (Fsp3) is 0.0769. The van der Waals surface area contributed by atoms with Crippen molar-refractivity contribution in [2.24, 2.45) is 0 Å². The van der Waals surface area contributed by atoms with Crippen LogP contribution in [0.5, 0.6) is 0 Å². The van der Waals surface area contributed by atoms with E-state index in [1.165, 1.54) is 18.2 Å². The molecule has 2 aromatic rings. The van der Waals surface area contributed by atoms with Crippen LogP contribution >= 0.6 is 0 Å². The summed E-state index contributed by atoms with van der Waals surface area (Å²) >= 11 is 0. The normalized spacial score (nSPS) is 10.3. The first-order valence-corrected chi connectivity index (χ1v) is 5.29. The molecule has 92 valence electrons. The number of nitrogens with two attached hydrogens (primary N) is 1. The number of rotatable bonds is 2. The zero-order valence-corrected chi connectivity index (χ0v) is 9.68. The van der Waals surface area contributed by atoms with Crippen LogP contribution in [0, 0.1) is 22.9 Å². The van der Waals surface area contributed by atoms with Crippen molar-refractivity contribution in [2.45, 2.75) is 6.92 Å². The Morgan fingerprint density at radius 2 is 1.94 bits per heavy atom. The fourth-order valence-corrected chi connectivity index (χ4v) is 1.72. The summed E-state index contributed by atoms with van der Waals surface area (Å²) < 4.78 is 13.8. The van der Waals surface area contributed by atoms with E-state index < -0.39 is 10.7 Å². The van der Waals surface area contributed by atoms with Gasteiger partial charge in [-0.05, 0) is 30.2 Å². The predicted molar refractivity (Wildman–Crippen MR) is 67.6 cm³/mol. The average Bonchev–Trinajstić information content (AvgIpc) is 2.30. The van der Waals surface area contributed by atoms with Crippen LogP contribution in [0.4, 0.5) is 15.8 Å². The molecule has 0 atom stereocenters. The van der Waals surface area contributed by atoms with Crippen LogP contribution in [0.25, 0.3) is 11.1 Å². The van der Waals surface area contributed by atoms with E-state index in [9.17, 15) is 14.5 Å². The van der Waals surface area contributed by atoms with Crippen LogP contribution in [0.1, 0.15) is 5.56 Å². The first-order valence-electron chi connectivity index (χ1n) is 5.29. The van der Waals surface area contributed by atoms with Gasteiger partial charge in [-0.25, -0.2) is 4.39 Å². The SMILES string of the molecule is Cc1ccc(-c2ccc(N)c([N+](=O)[O-])c2)c(F)c1. The van der Waals surface area contributed by atoms with Gasteiger partial charge < -0.3 is 5.73 Å². The van der Waals surface area contributed by atoms with Crippen molar-refractivity contribution in [1.29, 1.82) is 0 Å². The molecular weight excluding hydrogens is 235 g/mol. The van der Waals surface area contributed by atoms with Gasteiger partial charge in [0.05, 0.1) is 4.92 Å². The maximum atomic E-state index is 13.8.